The molecule has 6 heteroatoms. The van der Waals surface area contributed by atoms with E-state index in [1.165, 1.54) is 11.8 Å². The van der Waals surface area contributed by atoms with Gasteiger partial charge in [-0.2, -0.15) is 0 Å². The first-order valence-corrected chi connectivity index (χ1v) is 9.64. The number of esters is 1. The molecular weight excluding hydrogens is 346 g/mol. The number of aliphatic imine (C=N–C) groups is 1. The van der Waals surface area contributed by atoms with Crippen molar-refractivity contribution in [3.63, 3.8) is 0 Å². The van der Waals surface area contributed by atoms with Crippen molar-refractivity contribution in [1.82, 2.24) is 9.97 Å². The van der Waals surface area contributed by atoms with Gasteiger partial charge in [0.15, 0.2) is 5.16 Å². The Kier molecular flexibility index (Phi) is 5.23. The largest absolute Gasteiger partial charge is 0.462 e. The zero-order valence-corrected chi connectivity index (χ0v) is 16.1. The van der Waals surface area contributed by atoms with Crippen LogP contribution < -0.4 is 0 Å². The second-order valence-electron chi connectivity index (χ2n) is 6.01. The smallest absolute Gasteiger partial charge is 0.341 e. The van der Waals surface area contributed by atoms with E-state index in [1.54, 1.807) is 13.1 Å². The average molecular weight is 367 g/mol. The third-order valence-corrected chi connectivity index (χ3v) is 4.80. The highest BCUT2D eigenvalue weighted by Crippen LogP contribution is 2.39. The second-order valence-corrected chi connectivity index (χ2v) is 6.79. The number of ether oxygens (including phenoxy) is 1. The molecule has 1 aliphatic heterocycles. The van der Waals surface area contributed by atoms with Gasteiger partial charge in [-0.05, 0) is 44.7 Å². The number of allylic oxidation sites excluding steroid dienone is 1. The molecule has 134 valence electrons. The van der Waals surface area contributed by atoms with E-state index in [1.807, 2.05) is 50.5 Å². The summed E-state index contributed by atoms with van der Waals surface area (Å²) in [5.41, 5.74) is 2.76. The van der Waals surface area contributed by atoms with Gasteiger partial charge in [-0.25, -0.2) is 14.8 Å². The molecule has 3 rings (SSSR count). The first-order valence-electron chi connectivity index (χ1n) is 8.42. The molecule has 0 N–H and O–H groups in total. The van der Waals surface area contributed by atoms with E-state index in [9.17, 15) is 4.79 Å². The van der Waals surface area contributed by atoms with Crippen LogP contribution in [0.3, 0.4) is 0 Å². The van der Waals surface area contributed by atoms with E-state index in [0.717, 1.165) is 11.1 Å². The number of hydrogen-bond donors (Lipinski definition) is 0. The quantitative estimate of drug-likeness (QED) is 0.456. The molecule has 0 bridgehead atoms. The highest BCUT2D eigenvalue weighted by atomic mass is 32.2. The number of hydrogen-bond acceptors (Lipinski definition) is 6. The molecule has 0 saturated heterocycles. The van der Waals surface area contributed by atoms with Gasteiger partial charge in [0, 0.05) is 6.21 Å². The maximum atomic E-state index is 12.7. The predicted molar refractivity (Wildman–Crippen MR) is 104 cm³/mol. The minimum atomic E-state index is -0.855. The molecule has 0 radical (unpaired) electrons. The monoisotopic (exact) mass is 367 g/mol. The van der Waals surface area contributed by atoms with Crippen LogP contribution in [0.1, 0.15) is 39.8 Å². The van der Waals surface area contributed by atoms with Crippen LogP contribution in [0.25, 0.3) is 0 Å². The van der Waals surface area contributed by atoms with Gasteiger partial charge in [-0.1, -0.05) is 41.6 Å². The van der Waals surface area contributed by atoms with Crippen molar-refractivity contribution in [3.05, 3.63) is 64.5 Å². The van der Waals surface area contributed by atoms with E-state index in [0.29, 0.717) is 28.7 Å². The third kappa shape index (κ3) is 3.17. The third-order valence-electron chi connectivity index (χ3n) is 4.25. The number of carbonyl (C=O) groups is 1. The molecule has 1 aliphatic rings. The van der Waals surface area contributed by atoms with Crippen molar-refractivity contribution in [2.24, 2.45) is 4.99 Å². The van der Waals surface area contributed by atoms with Crippen LogP contribution in [0.4, 0.5) is 0 Å². The van der Waals surface area contributed by atoms with Gasteiger partial charge in [0.25, 0.3) is 0 Å². The first-order chi connectivity index (χ1) is 12.5. The molecule has 2 aromatic rings. The van der Waals surface area contributed by atoms with Crippen molar-refractivity contribution in [3.8, 4) is 0 Å². The first kappa shape index (κ1) is 18.3. The van der Waals surface area contributed by atoms with E-state index in [2.05, 4.69) is 11.1 Å². The SMILES string of the molecule is CCOC(=O)c1c(C)nc(SC)nc1C1(c2cccc(C)c2)C=CC=N1. The van der Waals surface area contributed by atoms with Crippen LogP contribution in [0.5, 0.6) is 0 Å². The van der Waals surface area contributed by atoms with Gasteiger partial charge < -0.3 is 4.74 Å². The maximum Gasteiger partial charge on any atom is 0.341 e. The normalized spacial score (nSPS) is 18.3. The number of rotatable bonds is 5. The molecule has 0 spiro atoms. The van der Waals surface area contributed by atoms with Crippen molar-refractivity contribution in [2.75, 3.05) is 12.9 Å². The number of nitrogens with zero attached hydrogens (tertiary/aromatic N) is 3. The summed E-state index contributed by atoms with van der Waals surface area (Å²) in [7, 11) is 0. The van der Waals surface area contributed by atoms with Gasteiger partial charge in [-0.15, -0.1) is 0 Å². The summed E-state index contributed by atoms with van der Waals surface area (Å²) >= 11 is 1.44. The predicted octanol–water partition coefficient (Wildman–Crippen LogP) is 3.88. The van der Waals surface area contributed by atoms with Crippen molar-refractivity contribution < 1.29 is 9.53 Å². The van der Waals surface area contributed by atoms with Gasteiger partial charge in [0.05, 0.1) is 18.0 Å². The molecule has 1 atom stereocenters. The fourth-order valence-electron chi connectivity index (χ4n) is 3.08. The minimum absolute atomic E-state index is 0.290. The average Bonchev–Trinajstić information content (AvgIpc) is 3.12. The zero-order chi connectivity index (χ0) is 18.7. The molecule has 0 fully saturated rings. The van der Waals surface area contributed by atoms with Crippen LogP contribution in [0.2, 0.25) is 0 Å². The van der Waals surface area contributed by atoms with Crippen LogP contribution >= 0.6 is 11.8 Å². The maximum absolute atomic E-state index is 12.7. The molecule has 1 unspecified atom stereocenters. The molecule has 1 aromatic heterocycles. The molecule has 0 amide bonds. The summed E-state index contributed by atoms with van der Waals surface area (Å²) in [6.45, 7) is 5.92. The molecule has 0 aliphatic carbocycles. The lowest BCUT2D eigenvalue weighted by Crippen LogP contribution is -2.28. The second kappa shape index (κ2) is 7.41. The van der Waals surface area contributed by atoms with Crippen LogP contribution in [-0.2, 0) is 10.3 Å². The van der Waals surface area contributed by atoms with E-state index in [4.69, 9.17) is 14.7 Å². The van der Waals surface area contributed by atoms with E-state index in [-0.39, 0.29) is 0 Å². The summed E-state index contributed by atoms with van der Waals surface area (Å²) in [6, 6.07) is 8.09. The highest BCUT2D eigenvalue weighted by Gasteiger charge is 2.39. The lowest BCUT2D eigenvalue weighted by atomic mass is 9.84. The van der Waals surface area contributed by atoms with Gasteiger partial charge in [0.2, 0.25) is 0 Å². The number of aromatic nitrogens is 2. The van der Waals surface area contributed by atoms with E-state index < -0.39 is 11.5 Å². The fraction of sp³-hybridized carbons (Fsp3) is 0.300. The standard InChI is InChI=1S/C20H21N3O2S/c1-5-25-18(24)16-14(3)22-19(26-4)23-17(16)20(10-7-11-21-20)15-9-6-8-13(2)12-15/h6-12H,5H2,1-4H3. The molecule has 26 heavy (non-hydrogen) atoms. The number of thioether (sulfide) groups is 1. The number of aryl methyl sites for hydroxylation is 2. The Labute approximate surface area is 157 Å². The number of carbonyl (C=O) groups excluding carboxylic acids is 1. The van der Waals surface area contributed by atoms with Crippen molar-refractivity contribution in [2.45, 2.75) is 31.5 Å². The Morgan fingerprint density at radius 2 is 2.08 bits per heavy atom. The number of benzene rings is 1. The molecule has 0 saturated carbocycles. The summed E-state index contributed by atoms with van der Waals surface area (Å²) in [5, 5.41) is 0.605. The molecule has 1 aromatic carbocycles. The zero-order valence-electron chi connectivity index (χ0n) is 15.3. The van der Waals surface area contributed by atoms with Crippen LogP contribution in [-0.4, -0.2) is 35.0 Å². The Morgan fingerprint density at radius 1 is 1.27 bits per heavy atom. The summed E-state index contributed by atoms with van der Waals surface area (Å²) in [5.74, 6) is -0.421. The minimum Gasteiger partial charge on any atom is -0.462 e. The Bertz CT molecular complexity index is 894. The lowest BCUT2D eigenvalue weighted by Gasteiger charge is -2.27. The fourth-order valence-corrected chi connectivity index (χ4v) is 3.49. The molecule has 2 heterocycles. The summed E-state index contributed by atoms with van der Waals surface area (Å²) < 4.78 is 5.29. The summed E-state index contributed by atoms with van der Waals surface area (Å²) in [6.07, 6.45) is 7.51. The highest BCUT2D eigenvalue weighted by molar-refractivity contribution is 7.98. The molecular formula is C20H21N3O2S. The van der Waals surface area contributed by atoms with Gasteiger partial charge in [0.1, 0.15) is 11.1 Å². The Hall–Kier alpha value is -2.47. The van der Waals surface area contributed by atoms with Crippen molar-refractivity contribution >= 4 is 23.9 Å². The summed E-state index contributed by atoms with van der Waals surface area (Å²) in [4.78, 5) is 26.6. The van der Waals surface area contributed by atoms with Gasteiger partial charge in [-0.3, -0.25) is 4.99 Å². The Balaban J connectivity index is 2.31. The Morgan fingerprint density at radius 3 is 2.69 bits per heavy atom. The molecule has 5 nitrogen and oxygen atoms in total. The van der Waals surface area contributed by atoms with Gasteiger partial charge >= 0.3 is 5.97 Å². The van der Waals surface area contributed by atoms with Crippen molar-refractivity contribution in [1.29, 1.82) is 0 Å². The topological polar surface area (TPSA) is 64.4 Å². The lowest BCUT2D eigenvalue weighted by molar-refractivity contribution is 0.0521. The van der Waals surface area contributed by atoms with Crippen LogP contribution in [0, 0.1) is 13.8 Å². The van der Waals surface area contributed by atoms with Crippen LogP contribution in [0.15, 0.2) is 46.6 Å². The van der Waals surface area contributed by atoms with E-state index >= 15 is 0 Å².